The first-order chi connectivity index (χ1) is 19.5. The van der Waals surface area contributed by atoms with Gasteiger partial charge < -0.3 is 10.4 Å². The summed E-state index contributed by atoms with van der Waals surface area (Å²) >= 11 is 1.34. The molecule has 1 aliphatic carbocycles. The fraction of sp³-hybridized carbons (Fsp3) is 0.194. The maximum absolute atomic E-state index is 13.0. The van der Waals surface area contributed by atoms with Crippen LogP contribution in [0.1, 0.15) is 42.1 Å². The Hall–Kier alpha value is -3.96. The third-order valence-electron chi connectivity index (χ3n) is 6.89. The van der Waals surface area contributed by atoms with Crippen molar-refractivity contribution in [3.63, 3.8) is 0 Å². The zero-order valence-electron chi connectivity index (χ0n) is 22.3. The molecule has 2 heterocycles. The van der Waals surface area contributed by atoms with Crippen LogP contribution in [0.25, 0.3) is 43.7 Å². The van der Waals surface area contributed by atoms with Crippen molar-refractivity contribution < 1.29 is 22.9 Å². The number of nitrogens with one attached hydrogen (secondary N) is 1. The Labute approximate surface area is 241 Å². The normalized spacial score (nSPS) is 13.9. The number of hydrogen-bond acceptors (Lipinski definition) is 7. The Kier molecular flexibility index (Phi) is 6.74. The van der Waals surface area contributed by atoms with E-state index in [1.807, 2.05) is 48.5 Å². The summed E-state index contributed by atoms with van der Waals surface area (Å²) in [7, 11) is -4.34. The van der Waals surface area contributed by atoms with Crippen LogP contribution in [-0.4, -0.2) is 40.0 Å². The standard InChI is InChI=1S/C31H27N3O5S2/c1-31(2,36)30-34-27(18-8-12-24(13-9-18)41(37,38)39)28(40-30)21-6-3-5-19(15-21)25-17-22(29(35)33-23-10-11-23)16-20-7-4-14-32-26(20)25/h3-9,12-17,23,36H,10-11H2,1-2H3,(H,33,35)(H,37,38,39). The molecule has 1 saturated carbocycles. The van der Waals surface area contributed by atoms with Crippen molar-refractivity contribution in [1.82, 2.24) is 15.3 Å². The average Bonchev–Trinajstić information content (AvgIpc) is 3.64. The molecule has 0 unspecified atom stereocenters. The lowest BCUT2D eigenvalue weighted by molar-refractivity contribution is 0.0783. The highest BCUT2D eigenvalue weighted by Gasteiger charge is 2.26. The number of hydrogen-bond donors (Lipinski definition) is 3. The SMILES string of the molecule is CC(C)(O)c1nc(-c2ccc(S(=O)(=O)O)cc2)c(-c2cccc(-c3cc(C(=O)NC4CC4)cc4cccnc34)c2)s1. The fourth-order valence-corrected chi connectivity index (χ4v) is 6.19. The summed E-state index contributed by atoms with van der Waals surface area (Å²) in [6.45, 7) is 3.32. The number of carbonyl (C=O) groups excluding carboxylic acids is 1. The van der Waals surface area contributed by atoms with Crippen LogP contribution in [-0.2, 0) is 15.7 Å². The second kappa shape index (κ2) is 10.1. The molecule has 0 bridgehead atoms. The van der Waals surface area contributed by atoms with Gasteiger partial charge in [0.1, 0.15) is 10.6 Å². The first-order valence-corrected chi connectivity index (χ1v) is 15.3. The van der Waals surface area contributed by atoms with E-state index >= 15 is 0 Å². The maximum atomic E-state index is 13.0. The first-order valence-electron chi connectivity index (χ1n) is 13.1. The largest absolute Gasteiger partial charge is 0.383 e. The van der Waals surface area contributed by atoms with E-state index in [-0.39, 0.29) is 16.8 Å². The summed E-state index contributed by atoms with van der Waals surface area (Å²) < 4.78 is 32.5. The highest BCUT2D eigenvalue weighted by atomic mass is 32.2. The topological polar surface area (TPSA) is 129 Å². The maximum Gasteiger partial charge on any atom is 0.294 e. The molecule has 6 rings (SSSR count). The van der Waals surface area contributed by atoms with Crippen LogP contribution >= 0.6 is 11.3 Å². The molecular formula is C31H27N3O5S2. The van der Waals surface area contributed by atoms with E-state index < -0.39 is 15.7 Å². The third-order valence-corrected chi connectivity index (χ3v) is 9.18. The highest BCUT2D eigenvalue weighted by molar-refractivity contribution is 7.85. The van der Waals surface area contributed by atoms with Crippen molar-refractivity contribution in [2.75, 3.05) is 0 Å². The molecular weight excluding hydrogens is 558 g/mol. The molecule has 3 N–H and O–H groups in total. The van der Waals surface area contributed by atoms with Crippen LogP contribution in [0.4, 0.5) is 0 Å². The van der Waals surface area contributed by atoms with Gasteiger partial charge in [-0.2, -0.15) is 8.42 Å². The van der Waals surface area contributed by atoms with Gasteiger partial charge in [-0.1, -0.05) is 36.4 Å². The van der Waals surface area contributed by atoms with E-state index in [2.05, 4.69) is 10.3 Å². The van der Waals surface area contributed by atoms with Gasteiger partial charge in [-0.15, -0.1) is 11.3 Å². The number of amides is 1. The zero-order valence-corrected chi connectivity index (χ0v) is 24.0. The van der Waals surface area contributed by atoms with Gasteiger partial charge in [-0.25, -0.2) is 4.98 Å². The summed E-state index contributed by atoms with van der Waals surface area (Å²) in [5.41, 5.74) is 3.86. The third kappa shape index (κ3) is 5.64. The number of carbonyl (C=O) groups is 1. The number of aliphatic hydroxyl groups is 1. The van der Waals surface area contributed by atoms with Gasteiger partial charge in [-0.05, 0) is 74.2 Å². The van der Waals surface area contributed by atoms with Crippen LogP contribution in [0, 0.1) is 0 Å². The van der Waals surface area contributed by atoms with E-state index in [1.165, 1.54) is 23.5 Å². The number of aromatic nitrogens is 2. The molecule has 1 amide bonds. The van der Waals surface area contributed by atoms with Gasteiger partial charge in [0.2, 0.25) is 0 Å². The van der Waals surface area contributed by atoms with Gasteiger partial charge in [-0.3, -0.25) is 14.3 Å². The highest BCUT2D eigenvalue weighted by Crippen LogP contribution is 2.42. The number of thiazole rings is 1. The second-order valence-corrected chi connectivity index (χ2v) is 13.1. The van der Waals surface area contributed by atoms with Crippen LogP contribution in [0.2, 0.25) is 0 Å². The first kappa shape index (κ1) is 27.2. The van der Waals surface area contributed by atoms with E-state index in [9.17, 15) is 22.9 Å². The number of pyridine rings is 1. The molecule has 0 atom stereocenters. The van der Waals surface area contributed by atoms with E-state index in [1.54, 1.807) is 32.2 Å². The number of nitrogens with zero attached hydrogens (tertiary/aromatic N) is 2. The van der Waals surface area contributed by atoms with Crippen LogP contribution in [0.15, 0.2) is 83.9 Å². The van der Waals surface area contributed by atoms with E-state index in [0.717, 1.165) is 45.3 Å². The zero-order chi connectivity index (χ0) is 28.9. The molecule has 10 heteroatoms. The van der Waals surface area contributed by atoms with Crippen molar-refractivity contribution in [1.29, 1.82) is 0 Å². The summed E-state index contributed by atoms with van der Waals surface area (Å²) in [5.74, 6) is -0.108. The van der Waals surface area contributed by atoms with Crippen LogP contribution < -0.4 is 5.32 Å². The average molecular weight is 586 g/mol. The molecule has 2 aromatic heterocycles. The summed E-state index contributed by atoms with van der Waals surface area (Å²) in [5, 5.41) is 15.2. The lowest BCUT2D eigenvalue weighted by atomic mass is 9.96. The second-order valence-electron chi connectivity index (χ2n) is 10.7. The van der Waals surface area contributed by atoms with E-state index in [0.29, 0.717) is 21.8 Å². The summed E-state index contributed by atoms with van der Waals surface area (Å²) in [6.07, 6.45) is 3.73. The minimum absolute atomic E-state index is 0.108. The minimum atomic E-state index is -4.34. The quantitative estimate of drug-likeness (QED) is 0.198. The number of benzene rings is 3. The van der Waals surface area contributed by atoms with Crippen molar-refractivity contribution in [2.24, 2.45) is 0 Å². The molecule has 0 saturated heterocycles. The van der Waals surface area contributed by atoms with Crippen molar-refractivity contribution in [3.05, 3.63) is 89.6 Å². The Bertz CT molecular complexity index is 1900. The molecule has 1 aliphatic rings. The lowest BCUT2D eigenvalue weighted by Crippen LogP contribution is -2.25. The molecule has 3 aromatic carbocycles. The van der Waals surface area contributed by atoms with Crippen molar-refractivity contribution in [3.8, 4) is 32.8 Å². The summed E-state index contributed by atoms with van der Waals surface area (Å²) in [6, 6.07) is 21.4. The van der Waals surface area contributed by atoms with Gasteiger partial charge >= 0.3 is 0 Å². The van der Waals surface area contributed by atoms with E-state index in [4.69, 9.17) is 4.98 Å². The predicted octanol–water partition coefficient (Wildman–Crippen LogP) is 6.06. The smallest absolute Gasteiger partial charge is 0.294 e. The molecule has 0 spiro atoms. The Morgan fingerprint density at radius 1 is 0.976 bits per heavy atom. The Balaban J connectivity index is 1.48. The molecule has 8 nitrogen and oxygen atoms in total. The van der Waals surface area contributed by atoms with Gasteiger partial charge in [0.15, 0.2) is 0 Å². The molecule has 208 valence electrons. The van der Waals surface area contributed by atoms with Crippen molar-refractivity contribution >= 4 is 38.3 Å². The minimum Gasteiger partial charge on any atom is -0.383 e. The predicted molar refractivity (Wildman–Crippen MR) is 159 cm³/mol. The van der Waals surface area contributed by atoms with Gasteiger partial charge in [0.05, 0.1) is 21.0 Å². The lowest BCUT2D eigenvalue weighted by Gasteiger charge is -2.12. The molecule has 0 radical (unpaired) electrons. The van der Waals surface area contributed by atoms with Crippen LogP contribution in [0.3, 0.4) is 0 Å². The monoisotopic (exact) mass is 585 g/mol. The molecule has 1 fully saturated rings. The molecule has 5 aromatic rings. The molecule has 0 aliphatic heterocycles. The fourth-order valence-electron chi connectivity index (χ4n) is 4.63. The van der Waals surface area contributed by atoms with Crippen molar-refractivity contribution in [2.45, 2.75) is 43.2 Å². The van der Waals surface area contributed by atoms with Gasteiger partial charge in [0.25, 0.3) is 16.0 Å². The molecule has 41 heavy (non-hydrogen) atoms. The number of rotatable bonds is 7. The Morgan fingerprint density at radius 3 is 2.39 bits per heavy atom. The number of fused-ring (bicyclic) bond motifs is 1. The van der Waals surface area contributed by atoms with Crippen LogP contribution in [0.5, 0.6) is 0 Å². The van der Waals surface area contributed by atoms with Gasteiger partial charge in [0, 0.05) is 34.3 Å². The summed E-state index contributed by atoms with van der Waals surface area (Å²) in [4.78, 5) is 22.9. The Morgan fingerprint density at radius 2 is 1.71 bits per heavy atom.